The minimum Gasteiger partial charge on any atom is -0.325 e. The van der Waals surface area contributed by atoms with Gasteiger partial charge >= 0.3 is 6.18 Å². The van der Waals surface area contributed by atoms with E-state index >= 15 is 0 Å². The average molecular weight is 327 g/mol. The van der Waals surface area contributed by atoms with Crippen LogP contribution in [0.1, 0.15) is 12.0 Å². The maximum absolute atomic E-state index is 12.6. The van der Waals surface area contributed by atoms with E-state index in [0.717, 1.165) is 12.1 Å². The molecule has 0 aliphatic heterocycles. The first-order valence-electron chi connectivity index (χ1n) is 5.67. The van der Waals surface area contributed by atoms with E-state index in [4.69, 9.17) is 17.3 Å². The zero-order valence-electron chi connectivity index (χ0n) is 10.6. The maximum atomic E-state index is 12.6. The third-order valence-corrected chi connectivity index (χ3v) is 3.32. The van der Waals surface area contributed by atoms with Crippen LogP contribution in [0.25, 0.3) is 0 Å². The van der Waals surface area contributed by atoms with Crippen molar-refractivity contribution >= 4 is 35.0 Å². The second-order valence-corrected chi connectivity index (χ2v) is 5.53. The lowest BCUT2D eigenvalue weighted by molar-refractivity contribution is -0.137. The Kier molecular flexibility index (Phi) is 6.16. The second-order valence-electron chi connectivity index (χ2n) is 4.10. The topological polar surface area (TPSA) is 55.1 Å². The van der Waals surface area contributed by atoms with Crippen LogP contribution in [0.5, 0.6) is 0 Å². The molecule has 3 nitrogen and oxygen atoms in total. The molecule has 20 heavy (non-hydrogen) atoms. The summed E-state index contributed by atoms with van der Waals surface area (Å²) in [5.41, 5.74) is 4.69. The van der Waals surface area contributed by atoms with Crippen LogP contribution in [0.4, 0.5) is 18.9 Å². The fourth-order valence-corrected chi connectivity index (χ4v) is 2.16. The first kappa shape index (κ1) is 17.1. The summed E-state index contributed by atoms with van der Waals surface area (Å²) in [5, 5.41) is 2.24. The molecule has 8 heteroatoms. The minimum absolute atomic E-state index is 0.0190. The lowest BCUT2D eigenvalue weighted by Gasteiger charge is -2.14. The molecule has 0 saturated heterocycles. The van der Waals surface area contributed by atoms with Gasteiger partial charge in [0.2, 0.25) is 5.91 Å². The molecule has 3 N–H and O–H groups in total. The largest absolute Gasteiger partial charge is 0.416 e. The highest BCUT2D eigenvalue weighted by Gasteiger charge is 2.31. The third kappa shape index (κ3) is 5.22. The van der Waals surface area contributed by atoms with Crippen LogP contribution >= 0.6 is 23.4 Å². The van der Waals surface area contributed by atoms with E-state index < -0.39 is 23.7 Å². The van der Waals surface area contributed by atoms with E-state index in [1.807, 2.05) is 6.26 Å². The van der Waals surface area contributed by atoms with Gasteiger partial charge < -0.3 is 11.1 Å². The molecule has 0 unspecified atom stereocenters. The first-order chi connectivity index (χ1) is 9.24. The van der Waals surface area contributed by atoms with Gasteiger partial charge in [0, 0.05) is 10.7 Å². The number of hydrogen-bond donors (Lipinski definition) is 2. The summed E-state index contributed by atoms with van der Waals surface area (Å²) in [4.78, 5) is 11.7. The molecule has 0 heterocycles. The van der Waals surface area contributed by atoms with Gasteiger partial charge in [0.15, 0.2) is 0 Å². The SMILES string of the molecule is CSCC[C@H](N)C(=O)Nc1cc(Cl)cc(C(F)(F)F)c1. The van der Waals surface area contributed by atoms with Crippen LogP contribution < -0.4 is 11.1 Å². The summed E-state index contributed by atoms with van der Waals surface area (Å²) in [6.07, 6.45) is -2.21. The smallest absolute Gasteiger partial charge is 0.325 e. The summed E-state index contributed by atoms with van der Waals surface area (Å²) in [6.45, 7) is 0. The monoisotopic (exact) mass is 326 g/mol. The van der Waals surface area contributed by atoms with Gasteiger partial charge in [-0.2, -0.15) is 24.9 Å². The molecule has 0 spiro atoms. The van der Waals surface area contributed by atoms with Gasteiger partial charge in [0.1, 0.15) is 0 Å². The third-order valence-electron chi connectivity index (χ3n) is 2.46. The van der Waals surface area contributed by atoms with Crippen LogP contribution in [-0.2, 0) is 11.0 Å². The molecule has 112 valence electrons. The highest BCUT2D eigenvalue weighted by molar-refractivity contribution is 7.98. The van der Waals surface area contributed by atoms with Crippen molar-refractivity contribution in [1.29, 1.82) is 0 Å². The van der Waals surface area contributed by atoms with Gasteiger partial charge in [0.25, 0.3) is 0 Å². The first-order valence-corrected chi connectivity index (χ1v) is 7.44. The number of carbonyl (C=O) groups excluding carboxylic acids is 1. The second kappa shape index (κ2) is 7.19. The number of halogens is 4. The Balaban J connectivity index is 2.82. The van der Waals surface area contributed by atoms with Gasteiger partial charge in [-0.3, -0.25) is 4.79 Å². The van der Waals surface area contributed by atoms with Crippen LogP contribution in [0, 0.1) is 0 Å². The van der Waals surface area contributed by atoms with Crippen molar-refractivity contribution in [2.45, 2.75) is 18.6 Å². The summed E-state index contributed by atoms with van der Waals surface area (Å²) in [7, 11) is 0. The van der Waals surface area contributed by atoms with Crippen molar-refractivity contribution < 1.29 is 18.0 Å². The number of benzene rings is 1. The molecule has 1 atom stereocenters. The summed E-state index contributed by atoms with van der Waals surface area (Å²) in [5.74, 6) is 0.159. The molecule has 0 radical (unpaired) electrons. The van der Waals surface area contributed by atoms with E-state index in [9.17, 15) is 18.0 Å². The Hall–Kier alpha value is -0.920. The van der Waals surface area contributed by atoms with Gasteiger partial charge in [0.05, 0.1) is 11.6 Å². The number of hydrogen-bond acceptors (Lipinski definition) is 3. The van der Waals surface area contributed by atoms with Crippen molar-refractivity contribution in [2.75, 3.05) is 17.3 Å². The van der Waals surface area contributed by atoms with Gasteiger partial charge in [-0.15, -0.1) is 0 Å². The number of rotatable bonds is 5. The van der Waals surface area contributed by atoms with E-state index in [1.54, 1.807) is 0 Å². The Morgan fingerprint density at radius 3 is 2.65 bits per heavy atom. The number of nitrogens with one attached hydrogen (secondary N) is 1. The van der Waals surface area contributed by atoms with Gasteiger partial charge in [-0.25, -0.2) is 0 Å². The van der Waals surface area contributed by atoms with E-state index in [-0.39, 0.29) is 10.7 Å². The van der Waals surface area contributed by atoms with Gasteiger partial charge in [-0.05, 0) is 36.6 Å². The molecule has 0 aromatic heterocycles. The molecule has 0 aliphatic carbocycles. The summed E-state index contributed by atoms with van der Waals surface area (Å²) < 4.78 is 37.8. The van der Waals surface area contributed by atoms with Crippen molar-refractivity contribution in [3.8, 4) is 0 Å². The van der Waals surface area contributed by atoms with E-state index in [1.165, 1.54) is 17.8 Å². The van der Waals surface area contributed by atoms with Crippen molar-refractivity contribution in [3.63, 3.8) is 0 Å². The molecular formula is C12H14ClF3N2OS. The molecule has 0 bridgehead atoms. The van der Waals surface area contributed by atoms with Crippen molar-refractivity contribution in [2.24, 2.45) is 5.73 Å². The Bertz CT molecular complexity index is 482. The van der Waals surface area contributed by atoms with Crippen molar-refractivity contribution in [1.82, 2.24) is 0 Å². The summed E-state index contributed by atoms with van der Waals surface area (Å²) in [6, 6.07) is 2.10. The van der Waals surface area contributed by atoms with Crippen LogP contribution in [0.15, 0.2) is 18.2 Å². The Morgan fingerprint density at radius 2 is 2.10 bits per heavy atom. The minimum atomic E-state index is -4.52. The lowest BCUT2D eigenvalue weighted by Crippen LogP contribution is -2.36. The standard InChI is InChI=1S/C12H14ClF3N2OS/c1-20-3-2-10(17)11(19)18-9-5-7(12(14,15)16)4-8(13)6-9/h4-6,10H,2-3,17H2,1H3,(H,18,19)/t10-/m0/s1. The zero-order chi connectivity index (χ0) is 15.3. The summed E-state index contributed by atoms with van der Waals surface area (Å²) >= 11 is 7.15. The fourth-order valence-electron chi connectivity index (χ4n) is 1.44. The zero-order valence-corrected chi connectivity index (χ0v) is 12.2. The van der Waals surface area contributed by atoms with E-state index in [2.05, 4.69) is 5.32 Å². The van der Waals surface area contributed by atoms with Crippen LogP contribution in [0.3, 0.4) is 0 Å². The lowest BCUT2D eigenvalue weighted by atomic mass is 10.1. The quantitative estimate of drug-likeness (QED) is 0.872. The normalized spacial score (nSPS) is 13.1. The molecule has 1 aromatic carbocycles. The molecular weight excluding hydrogens is 313 g/mol. The maximum Gasteiger partial charge on any atom is 0.416 e. The Labute approximate surface area is 124 Å². The number of carbonyl (C=O) groups is 1. The molecule has 1 amide bonds. The molecule has 1 rings (SSSR count). The predicted octanol–water partition coefficient (Wildman–Crippen LogP) is 3.38. The number of anilines is 1. The number of alkyl halides is 3. The highest BCUT2D eigenvalue weighted by Crippen LogP contribution is 2.33. The number of thioether (sulfide) groups is 1. The molecule has 0 fully saturated rings. The number of amides is 1. The van der Waals surface area contributed by atoms with E-state index in [0.29, 0.717) is 12.2 Å². The number of nitrogens with two attached hydrogens (primary N) is 1. The molecule has 0 aliphatic rings. The average Bonchev–Trinajstić information content (AvgIpc) is 2.34. The molecule has 1 aromatic rings. The molecule has 0 saturated carbocycles. The fraction of sp³-hybridized carbons (Fsp3) is 0.417. The van der Waals surface area contributed by atoms with Crippen LogP contribution in [-0.4, -0.2) is 24.0 Å². The highest BCUT2D eigenvalue weighted by atomic mass is 35.5. The Morgan fingerprint density at radius 1 is 1.45 bits per heavy atom. The van der Waals surface area contributed by atoms with Crippen molar-refractivity contribution in [3.05, 3.63) is 28.8 Å². The van der Waals surface area contributed by atoms with Gasteiger partial charge in [-0.1, -0.05) is 11.6 Å². The predicted molar refractivity (Wildman–Crippen MR) is 76.1 cm³/mol. The van der Waals surface area contributed by atoms with Crippen LogP contribution in [0.2, 0.25) is 5.02 Å².